The summed E-state index contributed by atoms with van der Waals surface area (Å²) < 4.78 is 31.9. The van der Waals surface area contributed by atoms with E-state index in [9.17, 15) is 8.42 Å². The molecule has 0 radical (unpaired) electrons. The van der Waals surface area contributed by atoms with Gasteiger partial charge >= 0.3 is 0 Å². The van der Waals surface area contributed by atoms with Gasteiger partial charge in [0.25, 0.3) is 0 Å². The zero-order chi connectivity index (χ0) is 13.9. The molecule has 114 valence electrons. The van der Waals surface area contributed by atoms with E-state index in [1.807, 2.05) is 13.8 Å². The number of hydrogen-bond acceptors (Lipinski definition) is 4. The van der Waals surface area contributed by atoms with Crippen molar-refractivity contribution >= 4 is 22.4 Å². The van der Waals surface area contributed by atoms with Crippen LogP contribution in [0.25, 0.3) is 0 Å². The van der Waals surface area contributed by atoms with Gasteiger partial charge in [0.1, 0.15) is 5.75 Å². The molecule has 1 aliphatic heterocycles. The van der Waals surface area contributed by atoms with Crippen LogP contribution in [0.15, 0.2) is 29.2 Å². The van der Waals surface area contributed by atoms with Gasteiger partial charge in [-0.25, -0.2) is 8.42 Å². The summed E-state index contributed by atoms with van der Waals surface area (Å²) >= 11 is 0. The summed E-state index contributed by atoms with van der Waals surface area (Å²) in [4.78, 5) is 0.299. The lowest BCUT2D eigenvalue weighted by Crippen LogP contribution is -2.51. The van der Waals surface area contributed by atoms with Crippen LogP contribution in [-0.4, -0.2) is 45.0 Å². The zero-order valence-corrected chi connectivity index (χ0v) is 13.3. The van der Waals surface area contributed by atoms with Crippen molar-refractivity contribution in [3.8, 4) is 5.75 Å². The Morgan fingerprint density at radius 1 is 1.45 bits per heavy atom. The Balaban J connectivity index is 0.00000200. The Morgan fingerprint density at radius 2 is 2.20 bits per heavy atom. The number of rotatable bonds is 4. The molecule has 0 aliphatic carbocycles. The summed E-state index contributed by atoms with van der Waals surface area (Å²) in [5, 5.41) is 3.24. The van der Waals surface area contributed by atoms with Crippen molar-refractivity contribution < 1.29 is 13.2 Å². The summed E-state index contributed by atoms with van der Waals surface area (Å²) in [6, 6.07) is 6.86. The summed E-state index contributed by atoms with van der Waals surface area (Å²) in [6.45, 7) is 6.07. The SMILES string of the molecule is CCOc1cccc(S(=O)(=O)N2CCNC(C)C2)c1.Cl. The second-order valence-corrected chi connectivity index (χ2v) is 6.56. The van der Waals surface area contributed by atoms with Crippen LogP contribution in [0.3, 0.4) is 0 Å². The van der Waals surface area contributed by atoms with E-state index in [-0.39, 0.29) is 18.4 Å². The molecule has 20 heavy (non-hydrogen) atoms. The number of ether oxygens (including phenoxy) is 1. The van der Waals surface area contributed by atoms with Gasteiger partial charge in [-0.05, 0) is 26.0 Å². The average Bonchev–Trinajstić information content (AvgIpc) is 2.39. The number of sulfonamides is 1. The molecule has 1 aromatic rings. The minimum Gasteiger partial charge on any atom is -0.494 e. The molecule has 5 nitrogen and oxygen atoms in total. The second-order valence-electron chi connectivity index (χ2n) is 4.63. The van der Waals surface area contributed by atoms with Gasteiger partial charge in [-0.15, -0.1) is 12.4 Å². The summed E-state index contributed by atoms with van der Waals surface area (Å²) in [7, 11) is -3.42. The first kappa shape index (κ1) is 17.2. The third-order valence-electron chi connectivity index (χ3n) is 3.09. The molecular formula is C13H21ClN2O3S. The van der Waals surface area contributed by atoms with E-state index < -0.39 is 10.0 Å². The first-order valence-corrected chi connectivity index (χ1v) is 7.94. The zero-order valence-electron chi connectivity index (χ0n) is 11.7. The van der Waals surface area contributed by atoms with E-state index in [1.54, 1.807) is 24.3 Å². The van der Waals surface area contributed by atoms with E-state index in [2.05, 4.69) is 5.32 Å². The Labute approximate surface area is 126 Å². The highest BCUT2D eigenvalue weighted by Gasteiger charge is 2.28. The van der Waals surface area contributed by atoms with Gasteiger partial charge in [-0.1, -0.05) is 6.07 Å². The molecule has 1 atom stereocenters. The van der Waals surface area contributed by atoms with E-state index in [4.69, 9.17) is 4.74 Å². The molecule has 1 fully saturated rings. The predicted molar refractivity (Wildman–Crippen MR) is 81.1 cm³/mol. The van der Waals surface area contributed by atoms with Crippen molar-refractivity contribution in [3.05, 3.63) is 24.3 Å². The first-order chi connectivity index (χ1) is 9.04. The minimum absolute atomic E-state index is 0. The Morgan fingerprint density at radius 3 is 2.85 bits per heavy atom. The number of benzene rings is 1. The summed E-state index contributed by atoms with van der Waals surface area (Å²) in [5.41, 5.74) is 0. The molecule has 2 rings (SSSR count). The molecule has 0 aromatic heterocycles. The highest BCUT2D eigenvalue weighted by Crippen LogP contribution is 2.21. The molecule has 1 N–H and O–H groups in total. The number of piperazine rings is 1. The summed E-state index contributed by atoms with van der Waals surface area (Å²) in [6.07, 6.45) is 0. The van der Waals surface area contributed by atoms with Gasteiger partial charge in [0, 0.05) is 31.7 Å². The van der Waals surface area contributed by atoms with Gasteiger partial charge in [-0.2, -0.15) is 4.31 Å². The maximum absolute atomic E-state index is 12.5. The van der Waals surface area contributed by atoms with Crippen LogP contribution >= 0.6 is 12.4 Å². The molecule has 1 saturated heterocycles. The Hall–Kier alpha value is -0.820. The third kappa shape index (κ3) is 3.85. The maximum Gasteiger partial charge on any atom is 0.243 e. The largest absolute Gasteiger partial charge is 0.494 e. The molecule has 0 spiro atoms. The van der Waals surface area contributed by atoms with Crippen LogP contribution in [0.2, 0.25) is 0 Å². The highest BCUT2D eigenvalue weighted by atomic mass is 35.5. The quantitative estimate of drug-likeness (QED) is 0.913. The van der Waals surface area contributed by atoms with Crippen LogP contribution in [0.1, 0.15) is 13.8 Å². The Kier molecular flexibility index (Phi) is 6.26. The molecule has 1 aliphatic rings. The van der Waals surface area contributed by atoms with Crippen LogP contribution in [0, 0.1) is 0 Å². The number of hydrogen-bond donors (Lipinski definition) is 1. The van der Waals surface area contributed by atoms with Crippen LogP contribution < -0.4 is 10.1 Å². The van der Waals surface area contributed by atoms with Gasteiger partial charge in [0.05, 0.1) is 11.5 Å². The molecule has 0 amide bonds. The van der Waals surface area contributed by atoms with E-state index >= 15 is 0 Å². The molecule has 1 aromatic carbocycles. The molecule has 7 heteroatoms. The molecule has 0 saturated carbocycles. The third-order valence-corrected chi connectivity index (χ3v) is 4.95. The fraction of sp³-hybridized carbons (Fsp3) is 0.538. The monoisotopic (exact) mass is 320 g/mol. The van der Waals surface area contributed by atoms with Crippen molar-refractivity contribution in [2.24, 2.45) is 0 Å². The van der Waals surface area contributed by atoms with Gasteiger partial charge in [-0.3, -0.25) is 0 Å². The van der Waals surface area contributed by atoms with Crippen molar-refractivity contribution in [2.75, 3.05) is 26.2 Å². The number of halogens is 1. The molecule has 1 unspecified atom stereocenters. The van der Waals surface area contributed by atoms with Gasteiger partial charge < -0.3 is 10.1 Å². The lowest BCUT2D eigenvalue weighted by Gasteiger charge is -2.31. The van der Waals surface area contributed by atoms with Crippen LogP contribution in [0.4, 0.5) is 0 Å². The normalized spacial score (nSPS) is 20.2. The number of nitrogens with one attached hydrogen (secondary N) is 1. The van der Waals surface area contributed by atoms with E-state index in [0.717, 1.165) is 0 Å². The van der Waals surface area contributed by atoms with Crippen molar-refractivity contribution in [1.29, 1.82) is 0 Å². The highest BCUT2D eigenvalue weighted by molar-refractivity contribution is 7.89. The fourth-order valence-electron chi connectivity index (χ4n) is 2.16. The fourth-order valence-corrected chi connectivity index (χ4v) is 3.72. The molecular weight excluding hydrogens is 300 g/mol. The van der Waals surface area contributed by atoms with Crippen molar-refractivity contribution in [2.45, 2.75) is 24.8 Å². The standard InChI is InChI=1S/C13H20N2O3S.ClH/c1-3-18-12-5-4-6-13(9-12)19(16,17)15-8-7-14-11(2)10-15;/h4-6,9,11,14H,3,7-8,10H2,1-2H3;1H. The topological polar surface area (TPSA) is 58.6 Å². The van der Waals surface area contributed by atoms with Crippen LogP contribution in [0.5, 0.6) is 5.75 Å². The van der Waals surface area contributed by atoms with Crippen molar-refractivity contribution in [1.82, 2.24) is 9.62 Å². The minimum atomic E-state index is -3.42. The lowest BCUT2D eigenvalue weighted by atomic mass is 10.3. The number of nitrogens with zero attached hydrogens (tertiary/aromatic N) is 1. The first-order valence-electron chi connectivity index (χ1n) is 6.50. The summed E-state index contributed by atoms with van der Waals surface area (Å²) in [5.74, 6) is 0.590. The van der Waals surface area contributed by atoms with E-state index in [1.165, 1.54) is 4.31 Å². The van der Waals surface area contributed by atoms with E-state index in [0.29, 0.717) is 36.9 Å². The van der Waals surface area contributed by atoms with Crippen molar-refractivity contribution in [3.63, 3.8) is 0 Å². The average molecular weight is 321 g/mol. The van der Waals surface area contributed by atoms with Crippen LogP contribution in [-0.2, 0) is 10.0 Å². The smallest absolute Gasteiger partial charge is 0.243 e. The maximum atomic E-state index is 12.5. The predicted octanol–water partition coefficient (Wildman–Crippen LogP) is 1.49. The molecule has 1 heterocycles. The molecule has 0 bridgehead atoms. The Bertz CT molecular complexity index is 536. The van der Waals surface area contributed by atoms with Gasteiger partial charge in [0.2, 0.25) is 10.0 Å². The second kappa shape index (κ2) is 7.26. The van der Waals surface area contributed by atoms with Gasteiger partial charge in [0.15, 0.2) is 0 Å². The lowest BCUT2D eigenvalue weighted by molar-refractivity contribution is 0.309.